The summed E-state index contributed by atoms with van der Waals surface area (Å²) in [5.74, 6) is 0.473. The molecule has 16 heavy (non-hydrogen) atoms. The molecule has 1 aromatic rings. The van der Waals surface area contributed by atoms with E-state index in [0.29, 0.717) is 23.8 Å². The van der Waals surface area contributed by atoms with E-state index in [-0.39, 0.29) is 5.82 Å². The Balaban J connectivity index is 2.45. The Kier molecular flexibility index (Phi) is 5.26. The average Bonchev–Trinajstić information content (AvgIpc) is 2.28. The first-order valence-corrected chi connectivity index (χ1v) is 5.73. The summed E-state index contributed by atoms with van der Waals surface area (Å²) in [5.41, 5.74) is 0.622. The van der Waals surface area contributed by atoms with Gasteiger partial charge in [-0.1, -0.05) is 26.0 Å². The molecule has 1 unspecified atom stereocenters. The Bertz CT molecular complexity index is 328. The Hall–Kier alpha value is -1.09. The quantitative estimate of drug-likeness (QED) is 0.803. The second kappa shape index (κ2) is 6.48. The van der Waals surface area contributed by atoms with Gasteiger partial charge in [0.25, 0.3) is 0 Å². The second-order valence-corrected chi connectivity index (χ2v) is 4.11. The topological polar surface area (TPSA) is 21.3 Å². The van der Waals surface area contributed by atoms with Crippen molar-refractivity contribution in [1.82, 2.24) is 5.32 Å². The summed E-state index contributed by atoms with van der Waals surface area (Å²) in [5, 5.41) is 3.24. The van der Waals surface area contributed by atoms with Gasteiger partial charge in [0.1, 0.15) is 0 Å². The van der Waals surface area contributed by atoms with Crippen LogP contribution in [-0.4, -0.2) is 19.7 Å². The number of hydrogen-bond acceptors (Lipinski definition) is 2. The number of halogens is 1. The van der Waals surface area contributed by atoms with Gasteiger partial charge >= 0.3 is 0 Å². The molecule has 0 heterocycles. The number of rotatable bonds is 6. The molecule has 90 valence electrons. The van der Waals surface area contributed by atoms with Crippen molar-refractivity contribution in [1.29, 1.82) is 0 Å². The Labute approximate surface area is 96.8 Å². The molecule has 0 amide bonds. The lowest BCUT2D eigenvalue weighted by atomic mass is 10.2. The molecule has 2 nitrogen and oxygen atoms in total. The molecule has 0 aliphatic rings. The van der Waals surface area contributed by atoms with Crippen LogP contribution in [0.5, 0.6) is 5.75 Å². The fourth-order valence-electron chi connectivity index (χ4n) is 1.41. The van der Waals surface area contributed by atoms with Gasteiger partial charge < -0.3 is 10.1 Å². The van der Waals surface area contributed by atoms with Crippen LogP contribution in [0.3, 0.4) is 0 Å². The molecular formula is C13H20FNO. The van der Waals surface area contributed by atoms with E-state index in [1.807, 2.05) is 6.07 Å². The molecule has 0 aliphatic carbocycles. The molecule has 0 radical (unpaired) electrons. The van der Waals surface area contributed by atoms with Gasteiger partial charge in [0.2, 0.25) is 0 Å². The van der Waals surface area contributed by atoms with Crippen LogP contribution in [0.4, 0.5) is 4.39 Å². The first-order chi connectivity index (χ1) is 7.65. The van der Waals surface area contributed by atoms with Crippen LogP contribution in [0.25, 0.3) is 0 Å². The molecule has 0 aliphatic heterocycles. The number of ether oxygens (including phenoxy) is 1. The predicted octanol–water partition coefficient (Wildman–Crippen LogP) is 2.76. The van der Waals surface area contributed by atoms with Gasteiger partial charge in [-0.25, -0.2) is 4.39 Å². The van der Waals surface area contributed by atoms with Gasteiger partial charge in [0, 0.05) is 12.5 Å². The molecule has 0 saturated carbocycles. The molecule has 3 heteroatoms. The smallest absolute Gasteiger partial charge is 0.167 e. The minimum absolute atomic E-state index is 0.252. The predicted molar refractivity (Wildman–Crippen MR) is 64.3 cm³/mol. The van der Waals surface area contributed by atoms with E-state index in [1.165, 1.54) is 0 Å². The lowest BCUT2D eigenvalue weighted by molar-refractivity contribution is 0.246. The standard InChI is InChI=1S/C13H20FNO/c1-4-15-8-10(2)9-16-12-7-5-6-11(3)13(12)14/h5-7,10,15H,4,8-9H2,1-3H3. The van der Waals surface area contributed by atoms with Gasteiger partial charge in [0.15, 0.2) is 11.6 Å². The van der Waals surface area contributed by atoms with Gasteiger partial charge in [0.05, 0.1) is 6.61 Å². The molecule has 0 spiro atoms. The third-order valence-electron chi connectivity index (χ3n) is 2.42. The summed E-state index contributed by atoms with van der Waals surface area (Å²) in [4.78, 5) is 0. The fraction of sp³-hybridized carbons (Fsp3) is 0.538. The highest BCUT2D eigenvalue weighted by molar-refractivity contribution is 5.30. The monoisotopic (exact) mass is 225 g/mol. The third-order valence-corrected chi connectivity index (χ3v) is 2.42. The zero-order valence-corrected chi connectivity index (χ0v) is 10.2. The van der Waals surface area contributed by atoms with E-state index >= 15 is 0 Å². The summed E-state index contributed by atoms with van der Waals surface area (Å²) in [6, 6.07) is 5.22. The largest absolute Gasteiger partial charge is 0.490 e. The van der Waals surface area contributed by atoms with Crippen LogP contribution in [0.2, 0.25) is 0 Å². The van der Waals surface area contributed by atoms with E-state index in [2.05, 4.69) is 19.2 Å². The maximum absolute atomic E-state index is 13.6. The SMILES string of the molecule is CCNCC(C)COc1cccc(C)c1F. The number of aryl methyl sites for hydroxylation is 1. The van der Waals surface area contributed by atoms with Crippen LogP contribution < -0.4 is 10.1 Å². The summed E-state index contributed by atoms with van der Waals surface area (Å²) in [7, 11) is 0. The lowest BCUT2D eigenvalue weighted by Crippen LogP contribution is -2.24. The van der Waals surface area contributed by atoms with Crippen molar-refractivity contribution < 1.29 is 9.13 Å². The Morgan fingerprint density at radius 1 is 1.44 bits per heavy atom. The van der Waals surface area contributed by atoms with E-state index in [1.54, 1.807) is 19.1 Å². The average molecular weight is 225 g/mol. The maximum atomic E-state index is 13.6. The lowest BCUT2D eigenvalue weighted by Gasteiger charge is -2.14. The van der Waals surface area contributed by atoms with E-state index in [0.717, 1.165) is 13.1 Å². The Morgan fingerprint density at radius 2 is 2.19 bits per heavy atom. The van der Waals surface area contributed by atoms with E-state index in [4.69, 9.17) is 4.74 Å². The zero-order chi connectivity index (χ0) is 12.0. The molecule has 0 saturated heterocycles. The fourth-order valence-corrected chi connectivity index (χ4v) is 1.41. The molecule has 1 aromatic carbocycles. The van der Waals surface area contributed by atoms with E-state index < -0.39 is 0 Å². The molecule has 1 rings (SSSR count). The third kappa shape index (κ3) is 3.81. The number of hydrogen-bond donors (Lipinski definition) is 1. The van der Waals surface area contributed by atoms with Crippen molar-refractivity contribution in [2.45, 2.75) is 20.8 Å². The zero-order valence-electron chi connectivity index (χ0n) is 10.2. The van der Waals surface area contributed by atoms with Crippen LogP contribution in [-0.2, 0) is 0 Å². The van der Waals surface area contributed by atoms with Crippen LogP contribution in [0, 0.1) is 18.7 Å². The summed E-state index contributed by atoms with van der Waals surface area (Å²) in [6.07, 6.45) is 0. The molecule has 0 bridgehead atoms. The first kappa shape index (κ1) is 13.0. The minimum atomic E-state index is -0.252. The summed E-state index contributed by atoms with van der Waals surface area (Å²) >= 11 is 0. The normalized spacial score (nSPS) is 12.5. The molecule has 0 aromatic heterocycles. The number of benzene rings is 1. The second-order valence-electron chi connectivity index (χ2n) is 4.11. The van der Waals surface area contributed by atoms with Crippen molar-refractivity contribution in [3.8, 4) is 5.75 Å². The van der Waals surface area contributed by atoms with E-state index in [9.17, 15) is 4.39 Å². The van der Waals surface area contributed by atoms with Crippen LogP contribution in [0.15, 0.2) is 18.2 Å². The Morgan fingerprint density at radius 3 is 2.88 bits per heavy atom. The van der Waals surface area contributed by atoms with Crippen molar-refractivity contribution in [3.63, 3.8) is 0 Å². The summed E-state index contributed by atoms with van der Waals surface area (Å²) < 4.78 is 19.0. The highest BCUT2D eigenvalue weighted by atomic mass is 19.1. The minimum Gasteiger partial charge on any atom is -0.490 e. The van der Waals surface area contributed by atoms with Crippen molar-refractivity contribution in [3.05, 3.63) is 29.6 Å². The van der Waals surface area contributed by atoms with Crippen molar-refractivity contribution in [2.75, 3.05) is 19.7 Å². The highest BCUT2D eigenvalue weighted by Gasteiger charge is 2.07. The van der Waals surface area contributed by atoms with Crippen molar-refractivity contribution >= 4 is 0 Å². The molecular weight excluding hydrogens is 205 g/mol. The summed E-state index contributed by atoms with van der Waals surface area (Å²) in [6.45, 7) is 8.26. The van der Waals surface area contributed by atoms with Gasteiger partial charge in [-0.2, -0.15) is 0 Å². The van der Waals surface area contributed by atoms with Crippen LogP contribution >= 0.6 is 0 Å². The molecule has 1 N–H and O–H groups in total. The number of nitrogens with one attached hydrogen (secondary N) is 1. The van der Waals surface area contributed by atoms with Gasteiger partial charge in [-0.3, -0.25) is 0 Å². The van der Waals surface area contributed by atoms with Gasteiger partial charge in [-0.05, 0) is 25.1 Å². The maximum Gasteiger partial charge on any atom is 0.167 e. The van der Waals surface area contributed by atoms with Crippen molar-refractivity contribution in [2.24, 2.45) is 5.92 Å². The highest BCUT2D eigenvalue weighted by Crippen LogP contribution is 2.20. The first-order valence-electron chi connectivity index (χ1n) is 5.73. The van der Waals surface area contributed by atoms with Gasteiger partial charge in [-0.15, -0.1) is 0 Å². The van der Waals surface area contributed by atoms with Crippen LogP contribution in [0.1, 0.15) is 19.4 Å². The molecule has 0 fully saturated rings. The molecule has 1 atom stereocenters.